The van der Waals surface area contributed by atoms with Crippen molar-refractivity contribution in [2.75, 3.05) is 0 Å². The first-order valence-corrected chi connectivity index (χ1v) is 14.0. The summed E-state index contributed by atoms with van der Waals surface area (Å²) in [7, 11) is -3.06. The minimum atomic E-state index is -3.06. The lowest BCUT2D eigenvalue weighted by molar-refractivity contribution is 0.173. The van der Waals surface area contributed by atoms with Crippen molar-refractivity contribution in [3.8, 4) is 11.8 Å². The predicted molar refractivity (Wildman–Crippen MR) is 138 cm³/mol. The van der Waals surface area contributed by atoms with Gasteiger partial charge in [-0.2, -0.15) is 0 Å². The molecule has 1 aliphatic heterocycles. The number of benzene rings is 2. The number of fused-ring (bicyclic) bond motifs is 1. The normalized spacial score (nSPS) is 23.8. The molecule has 1 saturated carbocycles. The maximum Gasteiger partial charge on any atom is 0.286 e. The molecule has 2 fully saturated rings. The van der Waals surface area contributed by atoms with Gasteiger partial charge in [0, 0.05) is 29.7 Å². The summed E-state index contributed by atoms with van der Waals surface area (Å²) in [5.41, 5.74) is 3.23. The highest BCUT2D eigenvalue weighted by Crippen LogP contribution is 2.63. The standard InChI is InChI=1S/C28H38N3OP/c1-21(2)30-27-17-11-12-18-28(27)31(22(3)4)33(30,32)29-26(25-16-10-9-13-23(25)5)20-19-24-14-7-6-8-15-24/h6-10,13-16,21-22,26-28H,11-12,17-18H2,1-5H3,(H,29,32)/t26-,27+,28+/m0/s1. The van der Waals surface area contributed by atoms with E-state index in [0.29, 0.717) is 12.1 Å². The molecule has 1 N–H and O–H groups in total. The Morgan fingerprint density at radius 1 is 0.879 bits per heavy atom. The lowest BCUT2D eigenvalue weighted by Crippen LogP contribution is -2.43. The Hall–Kier alpha value is -1.89. The summed E-state index contributed by atoms with van der Waals surface area (Å²) in [6.45, 7) is 10.8. The van der Waals surface area contributed by atoms with Gasteiger partial charge in [-0.15, -0.1) is 0 Å². The maximum absolute atomic E-state index is 15.1. The second-order valence-electron chi connectivity index (χ2n) is 9.96. The van der Waals surface area contributed by atoms with Crippen LogP contribution in [0, 0.1) is 18.8 Å². The molecule has 2 aromatic rings. The highest BCUT2D eigenvalue weighted by Gasteiger charge is 2.57. The summed E-state index contributed by atoms with van der Waals surface area (Å²) in [5, 5.41) is 3.67. The minimum Gasteiger partial charge on any atom is -0.270 e. The molecule has 2 aromatic carbocycles. The monoisotopic (exact) mass is 463 g/mol. The summed E-state index contributed by atoms with van der Waals surface area (Å²) in [4.78, 5) is 0. The summed E-state index contributed by atoms with van der Waals surface area (Å²) >= 11 is 0. The quantitative estimate of drug-likeness (QED) is 0.404. The largest absolute Gasteiger partial charge is 0.286 e. The Labute approximate surface area is 200 Å². The number of nitrogens with one attached hydrogen (secondary N) is 1. The third kappa shape index (κ3) is 4.84. The van der Waals surface area contributed by atoms with E-state index in [0.717, 1.165) is 29.5 Å². The van der Waals surface area contributed by atoms with E-state index in [-0.39, 0.29) is 18.1 Å². The molecule has 4 nitrogen and oxygen atoms in total. The van der Waals surface area contributed by atoms with Crippen LogP contribution in [-0.2, 0) is 4.57 Å². The van der Waals surface area contributed by atoms with E-state index in [2.05, 4.69) is 73.0 Å². The summed E-state index contributed by atoms with van der Waals surface area (Å²) in [6.07, 6.45) is 4.65. The van der Waals surface area contributed by atoms with E-state index in [1.165, 1.54) is 12.8 Å². The zero-order valence-corrected chi connectivity index (χ0v) is 21.6. The number of hydrogen-bond donors (Lipinski definition) is 1. The first-order valence-electron chi connectivity index (χ1n) is 12.4. The topological polar surface area (TPSA) is 35.6 Å². The SMILES string of the molecule is Cc1ccccc1[C@H](C#Cc1ccccc1)NP1(=O)N(C(C)C)[C@@H]2CCCC[C@H]2N1C(C)C. The molecule has 5 heteroatoms. The molecule has 0 bridgehead atoms. The molecule has 0 unspecified atom stereocenters. The zero-order chi connectivity index (χ0) is 23.6. The molecule has 1 heterocycles. The fraction of sp³-hybridized carbons (Fsp3) is 0.500. The first-order chi connectivity index (χ1) is 15.8. The Balaban J connectivity index is 1.79. The van der Waals surface area contributed by atoms with Crippen molar-refractivity contribution in [2.45, 2.75) is 90.5 Å². The van der Waals surface area contributed by atoms with Crippen LogP contribution in [0.15, 0.2) is 54.6 Å². The molecular weight excluding hydrogens is 425 g/mol. The zero-order valence-electron chi connectivity index (χ0n) is 20.7. The van der Waals surface area contributed by atoms with Gasteiger partial charge in [-0.25, -0.2) is 14.4 Å². The number of hydrogen-bond acceptors (Lipinski definition) is 1. The van der Waals surface area contributed by atoms with Crippen molar-refractivity contribution >= 4 is 7.59 Å². The summed E-state index contributed by atoms with van der Waals surface area (Å²) < 4.78 is 19.7. The van der Waals surface area contributed by atoms with Gasteiger partial charge in [-0.1, -0.05) is 67.1 Å². The van der Waals surface area contributed by atoms with Crippen molar-refractivity contribution in [1.82, 2.24) is 14.4 Å². The van der Waals surface area contributed by atoms with Gasteiger partial charge in [-0.05, 0) is 70.7 Å². The van der Waals surface area contributed by atoms with Gasteiger partial charge in [0.2, 0.25) is 0 Å². The van der Waals surface area contributed by atoms with Crippen LogP contribution in [-0.4, -0.2) is 33.5 Å². The Bertz CT molecular complexity index is 1030. The summed E-state index contributed by atoms with van der Waals surface area (Å²) in [6, 6.07) is 19.1. The average molecular weight is 464 g/mol. The van der Waals surface area contributed by atoms with Crippen LogP contribution in [0.4, 0.5) is 0 Å². The number of aryl methyl sites for hydroxylation is 1. The van der Waals surface area contributed by atoms with Crippen LogP contribution in [0.1, 0.15) is 76.1 Å². The van der Waals surface area contributed by atoms with E-state index in [1.807, 2.05) is 42.5 Å². The van der Waals surface area contributed by atoms with Gasteiger partial charge < -0.3 is 0 Å². The molecule has 4 rings (SSSR count). The fourth-order valence-corrected chi connectivity index (χ4v) is 9.33. The number of nitrogens with zero attached hydrogens (tertiary/aromatic N) is 2. The molecule has 0 aromatic heterocycles. The molecule has 33 heavy (non-hydrogen) atoms. The van der Waals surface area contributed by atoms with Gasteiger partial charge in [0.05, 0.1) is 0 Å². The third-order valence-electron chi connectivity index (χ3n) is 6.99. The van der Waals surface area contributed by atoms with Gasteiger partial charge in [0.25, 0.3) is 7.59 Å². The molecule has 1 aliphatic carbocycles. The Kier molecular flexibility index (Phi) is 7.46. The minimum absolute atomic E-state index is 0.192. The highest BCUT2D eigenvalue weighted by molar-refractivity contribution is 7.57. The van der Waals surface area contributed by atoms with Crippen LogP contribution in [0.25, 0.3) is 0 Å². The van der Waals surface area contributed by atoms with Crippen LogP contribution in [0.5, 0.6) is 0 Å². The van der Waals surface area contributed by atoms with Crippen LogP contribution >= 0.6 is 7.59 Å². The second-order valence-corrected chi connectivity index (χ2v) is 12.2. The molecule has 1 saturated heterocycles. The average Bonchev–Trinajstić information content (AvgIpc) is 3.06. The van der Waals surface area contributed by atoms with Crippen molar-refractivity contribution in [2.24, 2.45) is 0 Å². The second kappa shape index (κ2) is 10.2. The molecule has 0 amide bonds. The van der Waals surface area contributed by atoms with Crippen LogP contribution < -0.4 is 5.09 Å². The van der Waals surface area contributed by atoms with Gasteiger partial charge >= 0.3 is 0 Å². The Morgan fingerprint density at radius 3 is 1.97 bits per heavy atom. The molecule has 0 radical (unpaired) electrons. The third-order valence-corrected chi connectivity index (χ3v) is 10.4. The van der Waals surface area contributed by atoms with E-state index < -0.39 is 7.59 Å². The van der Waals surface area contributed by atoms with Gasteiger partial charge in [-0.3, -0.25) is 4.57 Å². The van der Waals surface area contributed by atoms with E-state index >= 15 is 4.57 Å². The maximum atomic E-state index is 15.1. The predicted octanol–water partition coefficient (Wildman–Crippen LogP) is 6.53. The van der Waals surface area contributed by atoms with Crippen molar-refractivity contribution < 1.29 is 4.57 Å². The Morgan fingerprint density at radius 2 is 1.42 bits per heavy atom. The van der Waals surface area contributed by atoms with Crippen molar-refractivity contribution in [1.29, 1.82) is 0 Å². The lowest BCUT2D eigenvalue weighted by atomic mass is 9.89. The lowest BCUT2D eigenvalue weighted by Gasteiger charge is -2.38. The molecule has 3 atom stereocenters. The molecule has 176 valence electrons. The molecular formula is C28H38N3OP. The van der Waals surface area contributed by atoms with E-state index in [4.69, 9.17) is 0 Å². The highest BCUT2D eigenvalue weighted by atomic mass is 31.2. The van der Waals surface area contributed by atoms with E-state index in [1.54, 1.807) is 0 Å². The van der Waals surface area contributed by atoms with Gasteiger partial charge in [0.15, 0.2) is 0 Å². The molecule has 2 aliphatic rings. The van der Waals surface area contributed by atoms with Crippen LogP contribution in [0.3, 0.4) is 0 Å². The summed E-state index contributed by atoms with van der Waals surface area (Å²) in [5.74, 6) is 6.80. The van der Waals surface area contributed by atoms with Crippen LogP contribution in [0.2, 0.25) is 0 Å². The smallest absolute Gasteiger partial charge is 0.270 e. The fourth-order valence-electron chi connectivity index (χ4n) is 5.69. The van der Waals surface area contributed by atoms with Crippen molar-refractivity contribution in [3.05, 3.63) is 71.3 Å². The van der Waals surface area contributed by atoms with E-state index in [9.17, 15) is 0 Å². The molecule has 0 spiro atoms. The first kappa shape index (κ1) is 24.2. The number of rotatable bonds is 5. The van der Waals surface area contributed by atoms with Crippen molar-refractivity contribution in [3.63, 3.8) is 0 Å². The van der Waals surface area contributed by atoms with Gasteiger partial charge in [0.1, 0.15) is 6.04 Å².